The monoisotopic (exact) mass is 203 g/mol. The summed E-state index contributed by atoms with van der Waals surface area (Å²) in [6.45, 7) is 0.837. The predicted octanol–water partition coefficient (Wildman–Crippen LogP) is 2.00. The number of nitrogen functional groups attached to an aromatic ring is 1. The number of ether oxygens (including phenoxy) is 1. The summed E-state index contributed by atoms with van der Waals surface area (Å²) in [4.78, 5) is 7.76. The SMILES string of the molecule is Nc1ccc2nc([C@@H]3CCCO3)[nH]c2c1. The van der Waals surface area contributed by atoms with Crippen LogP contribution in [0.3, 0.4) is 0 Å². The minimum Gasteiger partial charge on any atom is -0.399 e. The summed E-state index contributed by atoms with van der Waals surface area (Å²) in [5.74, 6) is 0.924. The number of benzene rings is 1. The van der Waals surface area contributed by atoms with Gasteiger partial charge in [-0.1, -0.05) is 0 Å². The molecular weight excluding hydrogens is 190 g/mol. The number of H-pyrrole nitrogens is 1. The molecule has 3 N–H and O–H groups in total. The van der Waals surface area contributed by atoms with Crippen molar-refractivity contribution in [2.24, 2.45) is 0 Å². The van der Waals surface area contributed by atoms with Gasteiger partial charge in [0.05, 0.1) is 11.0 Å². The molecule has 3 rings (SSSR count). The van der Waals surface area contributed by atoms with Crippen molar-refractivity contribution in [3.8, 4) is 0 Å². The molecule has 1 aromatic heterocycles. The molecule has 1 saturated heterocycles. The maximum Gasteiger partial charge on any atom is 0.136 e. The molecule has 1 aliphatic rings. The van der Waals surface area contributed by atoms with Gasteiger partial charge in [0.1, 0.15) is 11.9 Å². The number of rotatable bonds is 1. The number of aromatic amines is 1. The van der Waals surface area contributed by atoms with Gasteiger partial charge in [-0.3, -0.25) is 0 Å². The van der Waals surface area contributed by atoms with Crippen LogP contribution in [0.4, 0.5) is 5.69 Å². The summed E-state index contributed by atoms with van der Waals surface area (Å²) in [7, 11) is 0. The van der Waals surface area contributed by atoms with Crippen molar-refractivity contribution in [2.75, 3.05) is 12.3 Å². The maximum absolute atomic E-state index is 5.71. The normalized spacial score (nSPS) is 21.2. The lowest BCUT2D eigenvalue weighted by Crippen LogP contribution is -1.97. The fraction of sp³-hybridized carbons (Fsp3) is 0.364. The van der Waals surface area contributed by atoms with Gasteiger partial charge in [-0.15, -0.1) is 0 Å². The van der Waals surface area contributed by atoms with Gasteiger partial charge in [0, 0.05) is 12.3 Å². The highest BCUT2D eigenvalue weighted by atomic mass is 16.5. The third-order valence-electron chi connectivity index (χ3n) is 2.76. The van der Waals surface area contributed by atoms with E-state index < -0.39 is 0 Å². The van der Waals surface area contributed by atoms with E-state index in [0.29, 0.717) is 0 Å². The Balaban J connectivity index is 2.05. The van der Waals surface area contributed by atoms with Crippen LogP contribution in [0.25, 0.3) is 11.0 Å². The lowest BCUT2D eigenvalue weighted by Gasteiger charge is -2.03. The maximum atomic E-state index is 5.71. The van der Waals surface area contributed by atoms with Crippen LogP contribution in [0, 0.1) is 0 Å². The summed E-state index contributed by atoms with van der Waals surface area (Å²) in [5, 5.41) is 0. The van der Waals surface area contributed by atoms with Crippen molar-refractivity contribution < 1.29 is 4.74 Å². The Bertz CT molecular complexity index is 486. The minimum atomic E-state index is 0.138. The number of nitrogens with two attached hydrogens (primary N) is 1. The molecule has 15 heavy (non-hydrogen) atoms. The first-order valence-electron chi connectivity index (χ1n) is 5.20. The zero-order valence-electron chi connectivity index (χ0n) is 8.36. The number of hydrogen-bond donors (Lipinski definition) is 2. The molecule has 0 bridgehead atoms. The minimum absolute atomic E-state index is 0.138. The van der Waals surface area contributed by atoms with E-state index in [0.717, 1.165) is 42.0 Å². The smallest absolute Gasteiger partial charge is 0.136 e. The summed E-state index contributed by atoms with van der Waals surface area (Å²) >= 11 is 0. The molecule has 0 radical (unpaired) electrons. The molecule has 1 atom stereocenters. The topological polar surface area (TPSA) is 63.9 Å². The van der Waals surface area contributed by atoms with Gasteiger partial charge in [0.15, 0.2) is 0 Å². The van der Waals surface area contributed by atoms with Gasteiger partial charge in [-0.25, -0.2) is 4.98 Å². The van der Waals surface area contributed by atoms with E-state index in [-0.39, 0.29) is 6.10 Å². The molecule has 0 spiro atoms. The average molecular weight is 203 g/mol. The molecule has 78 valence electrons. The second-order valence-electron chi connectivity index (χ2n) is 3.90. The van der Waals surface area contributed by atoms with Crippen molar-refractivity contribution in [1.82, 2.24) is 9.97 Å². The Morgan fingerprint density at radius 1 is 1.47 bits per heavy atom. The number of nitrogens with zero attached hydrogens (tertiary/aromatic N) is 1. The number of fused-ring (bicyclic) bond motifs is 1. The van der Waals surface area contributed by atoms with Gasteiger partial charge >= 0.3 is 0 Å². The molecule has 2 heterocycles. The average Bonchev–Trinajstić information content (AvgIpc) is 2.84. The zero-order valence-corrected chi connectivity index (χ0v) is 8.36. The highest BCUT2D eigenvalue weighted by molar-refractivity contribution is 5.78. The van der Waals surface area contributed by atoms with Crippen LogP contribution in [-0.2, 0) is 4.74 Å². The fourth-order valence-corrected chi connectivity index (χ4v) is 1.99. The molecule has 0 unspecified atom stereocenters. The van der Waals surface area contributed by atoms with Crippen LogP contribution in [-0.4, -0.2) is 16.6 Å². The van der Waals surface area contributed by atoms with Gasteiger partial charge < -0.3 is 15.5 Å². The van der Waals surface area contributed by atoms with Crippen LogP contribution in [0.2, 0.25) is 0 Å². The van der Waals surface area contributed by atoms with E-state index in [9.17, 15) is 0 Å². The quantitative estimate of drug-likeness (QED) is 0.697. The molecule has 1 fully saturated rings. The summed E-state index contributed by atoms with van der Waals surface area (Å²) < 4.78 is 5.57. The Kier molecular flexibility index (Phi) is 1.89. The van der Waals surface area contributed by atoms with Gasteiger partial charge in [-0.2, -0.15) is 0 Å². The lowest BCUT2D eigenvalue weighted by molar-refractivity contribution is 0.106. The lowest BCUT2D eigenvalue weighted by atomic mass is 10.2. The van der Waals surface area contributed by atoms with E-state index in [4.69, 9.17) is 10.5 Å². The molecule has 2 aromatic rings. The van der Waals surface area contributed by atoms with Gasteiger partial charge in [0.25, 0.3) is 0 Å². The Hall–Kier alpha value is -1.55. The molecule has 4 nitrogen and oxygen atoms in total. The van der Waals surface area contributed by atoms with Crippen LogP contribution >= 0.6 is 0 Å². The van der Waals surface area contributed by atoms with E-state index in [1.165, 1.54) is 0 Å². The van der Waals surface area contributed by atoms with Crippen molar-refractivity contribution in [2.45, 2.75) is 18.9 Å². The molecule has 0 aliphatic carbocycles. The Morgan fingerprint density at radius 2 is 2.40 bits per heavy atom. The van der Waals surface area contributed by atoms with E-state index in [1.807, 2.05) is 18.2 Å². The Labute approximate surface area is 87.4 Å². The highest BCUT2D eigenvalue weighted by Crippen LogP contribution is 2.28. The van der Waals surface area contributed by atoms with Gasteiger partial charge in [0.2, 0.25) is 0 Å². The first-order valence-corrected chi connectivity index (χ1v) is 5.20. The Morgan fingerprint density at radius 3 is 3.20 bits per heavy atom. The van der Waals surface area contributed by atoms with Crippen LogP contribution in [0.1, 0.15) is 24.8 Å². The molecule has 1 aliphatic heterocycles. The van der Waals surface area contributed by atoms with Crippen LogP contribution in [0.5, 0.6) is 0 Å². The first-order chi connectivity index (χ1) is 7.33. The third-order valence-corrected chi connectivity index (χ3v) is 2.76. The summed E-state index contributed by atoms with van der Waals surface area (Å²) in [6.07, 6.45) is 2.30. The highest BCUT2D eigenvalue weighted by Gasteiger charge is 2.20. The first kappa shape index (κ1) is 8.73. The van der Waals surface area contributed by atoms with Crippen LogP contribution in [0.15, 0.2) is 18.2 Å². The molecule has 0 saturated carbocycles. The largest absolute Gasteiger partial charge is 0.399 e. The standard InChI is InChI=1S/C11H13N3O/c12-7-3-4-8-9(6-7)14-11(13-8)10-2-1-5-15-10/h3-4,6,10H,1-2,5,12H2,(H,13,14)/t10-/m0/s1. The number of imidazole rings is 1. The number of hydrogen-bond acceptors (Lipinski definition) is 3. The molecule has 4 heteroatoms. The molecular formula is C11H13N3O. The van der Waals surface area contributed by atoms with E-state index >= 15 is 0 Å². The van der Waals surface area contributed by atoms with Crippen molar-refractivity contribution in [3.05, 3.63) is 24.0 Å². The third kappa shape index (κ3) is 1.47. The summed E-state index contributed by atoms with van der Waals surface area (Å²) in [5.41, 5.74) is 8.40. The van der Waals surface area contributed by atoms with Crippen LogP contribution < -0.4 is 5.73 Å². The predicted molar refractivity (Wildman–Crippen MR) is 58.4 cm³/mol. The van der Waals surface area contributed by atoms with Gasteiger partial charge in [-0.05, 0) is 31.0 Å². The summed E-state index contributed by atoms with van der Waals surface area (Å²) in [6, 6.07) is 5.70. The second-order valence-corrected chi connectivity index (χ2v) is 3.90. The fourth-order valence-electron chi connectivity index (χ4n) is 1.99. The molecule has 1 aromatic carbocycles. The van der Waals surface area contributed by atoms with Crippen molar-refractivity contribution in [3.63, 3.8) is 0 Å². The van der Waals surface area contributed by atoms with Crippen molar-refractivity contribution in [1.29, 1.82) is 0 Å². The molecule has 0 amide bonds. The van der Waals surface area contributed by atoms with E-state index in [1.54, 1.807) is 0 Å². The van der Waals surface area contributed by atoms with Crippen molar-refractivity contribution >= 4 is 16.7 Å². The zero-order chi connectivity index (χ0) is 10.3. The number of nitrogens with one attached hydrogen (secondary N) is 1. The number of aromatic nitrogens is 2. The van der Waals surface area contributed by atoms with E-state index in [2.05, 4.69) is 9.97 Å². The number of anilines is 1. The second kappa shape index (κ2) is 3.24.